The highest BCUT2D eigenvalue weighted by Gasteiger charge is 2.16. The Balaban J connectivity index is 2.04. The van der Waals surface area contributed by atoms with E-state index in [0.717, 1.165) is 29.8 Å². The molecule has 2 nitrogen and oxygen atoms in total. The maximum atomic E-state index is 6.27. The minimum Gasteiger partial charge on any atom is -0.326 e. The maximum Gasteiger partial charge on any atom is 0.127 e. The Morgan fingerprint density at radius 3 is 2.71 bits per heavy atom. The highest BCUT2D eigenvalue weighted by Crippen LogP contribution is 2.31. The van der Waals surface area contributed by atoms with Gasteiger partial charge >= 0.3 is 0 Å². The number of hydrogen-bond acceptors (Lipinski definition) is 2. The van der Waals surface area contributed by atoms with Gasteiger partial charge in [-0.05, 0) is 47.9 Å². The predicted molar refractivity (Wildman–Crippen MR) is 92.0 cm³/mol. The second-order valence-corrected chi connectivity index (χ2v) is 7.12. The summed E-state index contributed by atoms with van der Waals surface area (Å²) in [6.07, 6.45) is 0.936. The molecule has 0 aliphatic carbocycles. The second-order valence-electron chi connectivity index (χ2n) is 4.87. The number of benzene rings is 1. The summed E-state index contributed by atoms with van der Waals surface area (Å²) in [5.41, 5.74) is 3.12. The Kier molecular flexibility index (Phi) is 4.46. The van der Waals surface area contributed by atoms with E-state index < -0.39 is 0 Å². The van der Waals surface area contributed by atoms with Gasteiger partial charge in [0.1, 0.15) is 5.82 Å². The number of aryl methyl sites for hydroxylation is 2. The smallest absolute Gasteiger partial charge is 0.127 e. The Morgan fingerprint density at radius 2 is 2.05 bits per heavy atom. The minimum absolute atomic E-state index is 0.169. The standard InChI is InChI=1S/C15H13Cl3N2S/c1-9(16)15-19-13-6-11(17)12(18)7-14(13)20(15)4-2-10-3-5-21-8-10/h3,5-9H,2,4H2,1H3. The van der Waals surface area contributed by atoms with Crippen molar-refractivity contribution < 1.29 is 0 Å². The normalized spacial score (nSPS) is 13.0. The van der Waals surface area contributed by atoms with Crippen molar-refractivity contribution in [1.29, 1.82) is 0 Å². The molecule has 2 aromatic heterocycles. The molecule has 0 radical (unpaired) electrons. The van der Waals surface area contributed by atoms with Crippen LogP contribution in [0.15, 0.2) is 29.0 Å². The van der Waals surface area contributed by atoms with Crippen molar-refractivity contribution in [3.05, 3.63) is 50.4 Å². The van der Waals surface area contributed by atoms with E-state index in [9.17, 15) is 0 Å². The molecule has 0 aliphatic rings. The van der Waals surface area contributed by atoms with Gasteiger partial charge < -0.3 is 4.57 Å². The molecule has 0 spiro atoms. The lowest BCUT2D eigenvalue weighted by Crippen LogP contribution is -2.06. The Hall–Kier alpha value is -0.740. The summed E-state index contributed by atoms with van der Waals surface area (Å²) in [7, 11) is 0. The Morgan fingerprint density at radius 1 is 1.29 bits per heavy atom. The van der Waals surface area contributed by atoms with Crippen LogP contribution in [0.2, 0.25) is 10.0 Å². The van der Waals surface area contributed by atoms with E-state index in [1.165, 1.54) is 5.56 Å². The summed E-state index contributed by atoms with van der Waals surface area (Å²) in [6.45, 7) is 2.74. The molecule has 1 atom stereocenters. The lowest BCUT2D eigenvalue weighted by atomic mass is 10.2. The molecule has 110 valence electrons. The third-order valence-corrected chi connectivity index (χ3v) is 5.03. The average molecular weight is 360 g/mol. The molecule has 0 fully saturated rings. The number of aromatic nitrogens is 2. The van der Waals surface area contributed by atoms with E-state index in [0.29, 0.717) is 10.0 Å². The molecule has 3 rings (SSSR count). The molecule has 6 heteroatoms. The molecule has 0 saturated carbocycles. The first-order valence-corrected chi connectivity index (χ1v) is 8.70. The minimum atomic E-state index is -0.169. The van der Waals surface area contributed by atoms with E-state index in [4.69, 9.17) is 34.8 Å². The van der Waals surface area contributed by atoms with Crippen molar-refractivity contribution in [1.82, 2.24) is 9.55 Å². The van der Waals surface area contributed by atoms with Crippen LogP contribution in [0.5, 0.6) is 0 Å². The van der Waals surface area contributed by atoms with Crippen LogP contribution in [0.1, 0.15) is 23.7 Å². The monoisotopic (exact) mass is 358 g/mol. The van der Waals surface area contributed by atoms with E-state index >= 15 is 0 Å². The Labute approximate surface area is 142 Å². The van der Waals surface area contributed by atoms with Crippen LogP contribution in [0.3, 0.4) is 0 Å². The van der Waals surface area contributed by atoms with E-state index in [2.05, 4.69) is 26.4 Å². The van der Waals surface area contributed by atoms with E-state index in [1.807, 2.05) is 13.0 Å². The zero-order valence-corrected chi connectivity index (χ0v) is 14.4. The molecule has 0 amide bonds. The topological polar surface area (TPSA) is 17.8 Å². The van der Waals surface area contributed by atoms with Crippen LogP contribution in [0, 0.1) is 0 Å². The van der Waals surface area contributed by atoms with Crippen LogP contribution in [-0.4, -0.2) is 9.55 Å². The SMILES string of the molecule is CC(Cl)c1nc2cc(Cl)c(Cl)cc2n1CCc1ccsc1. The molecule has 0 N–H and O–H groups in total. The molecule has 0 aliphatic heterocycles. The van der Waals surface area contributed by atoms with Crippen molar-refractivity contribution in [2.45, 2.75) is 25.3 Å². The number of hydrogen-bond donors (Lipinski definition) is 0. The first kappa shape index (κ1) is 15.2. The van der Waals surface area contributed by atoms with Crippen molar-refractivity contribution in [2.24, 2.45) is 0 Å². The number of fused-ring (bicyclic) bond motifs is 1. The van der Waals surface area contributed by atoms with Crippen molar-refractivity contribution in [3.63, 3.8) is 0 Å². The molecule has 0 bridgehead atoms. The largest absolute Gasteiger partial charge is 0.326 e. The number of imidazole rings is 1. The molecular formula is C15H13Cl3N2S. The van der Waals surface area contributed by atoms with E-state index in [1.54, 1.807) is 17.4 Å². The van der Waals surface area contributed by atoms with Crippen LogP contribution in [0.4, 0.5) is 0 Å². The molecule has 21 heavy (non-hydrogen) atoms. The molecule has 3 aromatic rings. The summed E-state index contributed by atoms with van der Waals surface area (Å²) in [6, 6.07) is 5.79. The summed E-state index contributed by atoms with van der Waals surface area (Å²) in [5, 5.41) is 5.13. The summed E-state index contributed by atoms with van der Waals surface area (Å²) in [5.74, 6) is 0.847. The number of alkyl halides is 1. The summed E-state index contributed by atoms with van der Waals surface area (Å²) in [4.78, 5) is 4.60. The third-order valence-electron chi connectivity index (χ3n) is 3.38. The number of nitrogens with zero attached hydrogens (tertiary/aromatic N) is 2. The number of thiophene rings is 1. The number of halogens is 3. The molecule has 0 saturated heterocycles. The van der Waals surface area contributed by atoms with Gasteiger partial charge in [0.25, 0.3) is 0 Å². The third kappa shape index (κ3) is 3.07. The highest BCUT2D eigenvalue weighted by atomic mass is 35.5. The fourth-order valence-corrected chi connectivity index (χ4v) is 3.54. The van der Waals surface area contributed by atoms with Gasteiger partial charge in [0.15, 0.2) is 0 Å². The Bertz CT molecular complexity index is 763. The van der Waals surface area contributed by atoms with Gasteiger partial charge in [-0.1, -0.05) is 23.2 Å². The first-order valence-electron chi connectivity index (χ1n) is 6.56. The lowest BCUT2D eigenvalue weighted by Gasteiger charge is -2.10. The summed E-state index contributed by atoms with van der Waals surface area (Å²) < 4.78 is 2.13. The van der Waals surface area contributed by atoms with Gasteiger partial charge in [-0.25, -0.2) is 4.98 Å². The zero-order chi connectivity index (χ0) is 15.0. The summed E-state index contributed by atoms with van der Waals surface area (Å²) >= 11 is 20.2. The zero-order valence-electron chi connectivity index (χ0n) is 11.3. The molecule has 2 heterocycles. The van der Waals surface area contributed by atoms with Crippen molar-refractivity contribution in [2.75, 3.05) is 0 Å². The predicted octanol–water partition coefficient (Wildman–Crippen LogP) is 5.95. The van der Waals surface area contributed by atoms with Gasteiger partial charge in [0, 0.05) is 6.54 Å². The molecule has 1 unspecified atom stereocenters. The van der Waals surface area contributed by atoms with Crippen LogP contribution >= 0.6 is 46.1 Å². The van der Waals surface area contributed by atoms with Crippen molar-refractivity contribution in [3.8, 4) is 0 Å². The molecule has 1 aromatic carbocycles. The van der Waals surface area contributed by atoms with Crippen LogP contribution in [-0.2, 0) is 13.0 Å². The fraction of sp³-hybridized carbons (Fsp3) is 0.267. The van der Waals surface area contributed by atoms with Crippen LogP contribution in [0.25, 0.3) is 11.0 Å². The van der Waals surface area contributed by atoms with Gasteiger partial charge in [-0.3, -0.25) is 0 Å². The van der Waals surface area contributed by atoms with Gasteiger partial charge in [-0.2, -0.15) is 11.3 Å². The first-order chi connectivity index (χ1) is 10.1. The fourth-order valence-electron chi connectivity index (χ4n) is 2.35. The second kappa shape index (κ2) is 6.17. The van der Waals surface area contributed by atoms with Crippen molar-refractivity contribution >= 4 is 57.2 Å². The number of rotatable bonds is 4. The highest BCUT2D eigenvalue weighted by molar-refractivity contribution is 7.07. The van der Waals surface area contributed by atoms with E-state index in [-0.39, 0.29) is 5.38 Å². The van der Waals surface area contributed by atoms with Crippen LogP contribution < -0.4 is 0 Å². The maximum absolute atomic E-state index is 6.27. The van der Waals surface area contributed by atoms with Gasteiger partial charge in [0.2, 0.25) is 0 Å². The quantitative estimate of drug-likeness (QED) is 0.526. The van der Waals surface area contributed by atoms with Gasteiger partial charge in [0.05, 0.1) is 26.5 Å². The average Bonchev–Trinajstić information content (AvgIpc) is 3.05. The lowest BCUT2D eigenvalue weighted by molar-refractivity contribution is 0.669. The molecular weight excluding hydrogens is 347 g/mol. The van der Waals surface area contributed by atoms with Gasteiger partial charge in [-0.15, -0.1) is 11.6 Å².